The van der Waals surface area contributed by atoms with Crippen molar-refractivity contribution in [2.45, 2.75) is 31.4 Å². The van der Waals surface area contributed by atoms with Gasteiger partial charge in [0.2, 0.25) is 0 Å². The van der Waals surface area contributed by atoms with Gasteiger partial charge in [0.15, 0.2) is 0 Å². The van der Waals surface area contributed by atoms with E-state index in [1.165, 1.54) is 19.3 Å². The SMILES string of the molecule is NCC1COCCN1CC1CCCCO1. The molecule has 2 N–H and O–H groups in total. The second-order valence-corrected chi connectivity index (χ2v) is 4.45. The van der Waals surface area contributed by atoms with Crippen molar-refractivity contribution in [3.05, 3.63) is 0 Å². The molecule has 4 nitrogen and oxygen atoms in total. The molecule has 2 saturated heterocycles. The van der Waals surface area contributed by atoms with Gasteiger partial charge in [0.05, 0.1) is 19.3 Å². The number of morpholine rings is 1. The van der Waals surface area contributed by atoms with E-state index in [4.69, 9.17) is 15.2 Å². The Labute approximate surface area is 91.7 Å². The Bertz CT molecular complexity index is 183. The zero-order chi connectivity index (χ0) is 10.5. The van der Waals surface area contributed by atoms with Gasteiger partial charge >= 0.3 is 0 Å². The van der Waals surface area contributed by atoms with Crippen molar-refractivity contribution >= 4 is 0 Å². The third-order valence-electron chi connectivity index (χ3n) is 3.33. The highest BCUT2D eigenvalue weighted by Crippen LogP contribution is 2.16. The van der Waals surface area contributed by atoms with E-state index < -0.39 is 0 Å². The fraction of sp³-hybridized carbons (Fsp3) is 1.00. The summed E-state index contributed by atoms with van der Waals surface area (Å²) in [5.41, 5.74) is 5.74. The third-order valence-corrected chi connectivity index (χ3v) is 3.33. The van der Waals surface area contributed by atoms with Crippen LogP contribution in [0.1, 0.15) is 19.3 Å². The fourth-order valence-electron chi connectivity index (χ4n) is 2.36. The molecule has 0 aliphatic carbocycles. The highest BCUT2D eigenvalue weighted by Gasteiger charge is 2.25. The molecule has 15 heavy (non-hydrogen) atoms. The van der Waals surface area contributed by atoms with Gasteiger partial charge in [0, 0.05) is 32.3 Å². The van der Waals surface area contributed by atoms with Gasteiger partial charge in [-0.1, -0.05) is 0 Å². The lowest BCUT2D eigenvalue weighted by Crippen LogP contribution is -2.52. The predicted octanol–water partition coefficient (Wildman–Crippen LogP) is 0.215. The summed E-state index contributed by atoms with van der Waals surface area (Å²) in [5.74, 6) is 0. The second-order valence-electron chi connectivity index (χ2n) is 4.45. The molecule has 0 amide bonds. The van der Waals surface area contributed by atoms with E-state index in [1.807, 2.05) is 0 Å². The standard InChI is InChI=1S/C11H22N2O2/c12-7-10-9-14-6-4-13(10)8-11-3-1-2-5-15-11/h10-11H,1-9,12H2. The van der Waals surface area contributed by atoms with Crippen molar-refractivity contribution in [3.8, 4) is 0 Å². The lowest BCUT2D eigenvalue weighted by atomic mass is 10.1. The number of hydrogen-bond donors (Lipinski definition) is 1. The topological polar surface area (TPSA) is 47.7 Å². The summed E-state index contributed by atoms with van der Waals surface area (Å²) in [6, 6.07) is 0.393. The molecule has 2 aliphatic rings. The average molecular weight is 214 g/mol. The van der Waals surface area contributed by atoms with Crippen LogP contribution in [0.2, 0.25) is 0 Å². The molecule has 0 aromatic carbocycles. The van der Waals surface area contributed by atoms with E-state index in [0.717, 1.165) is 32.9 Å². The lowest BCUT2D eigenvalue weighted by molar-refractivity contribution is -0.0524. The first-order valence-electron chi connectivity index (χ1n) is 6.03. The molecule has 88 valence electrons. The van der Waals surface area contributed by atoms with Crippen LogP contribution in [0.4, 0.5) is 0 Å². The molecule has 0 saturated carbocycles. The van der Waals surface area contributed by atoms with Gasteiger partial charge in [-0.2, -0.15) is 0 Å². The smallest absolute Gasteiger partial charge is 0.0702 e. The van der Waals surface area contributed by atoms with Gasteiger partial charge in [-0.05, 0) is 19.3 Å². The van der Waals surface area contributed by atoms with Crippen LogP contribution < -0.4 is 5.73 Å². The van der Waals surface area contributed by atoms with E-state index in [9.17, 15) is 0 Å². The number of rotatable bonds is 3. The lowest BCUT2D eigenvalue weighted by Gasteiger charge is -2.37. The Morgan fingerprint density at radius 2 is 2.20 bits per heavy atom. The molecule has 2 atom stereocenters. The summed E-state index contributed by atoms with van der Waals surface area (Å²) in [6.45, 7) is 5.27. The Morgan fingerprint density at radius 1 is 1.27 bits per heavy atom. The van der Waals surface area contributed by atoms with Crippen molar-refractivity contribution in [3.63, 3.8) is 0 Å². The first-order valence-corrected chi connectivity index (χ1v) is 6.03. The maximum absolute atomic E-state index is 5.75. The third kappa shape index (κ3) is 3.14. The van der Waals surface area contributed by atoms with Crippen molar-refractivity contribution in [2.24, 2.45) is 5.73 Å². The van der Waals surface area contributed by atoms with Crippen LogP contribution in [0.3, 0.4) is 0 Å². The van der Waals surface area contributed by atoms with Gasteiger partial charge < -0.3 is 15.2 Å². The van der Waals surface area contributed by atoms with Crippen LogP contribution in [-0.4, -0.2) is 56.5 Å². The highest BCUT2D eigenvalue weighted by molar-refractivity contribution is 4.79. The minimum Gasteiger partial charge on any atom is -0.378 e. The quantitative estimate of drug-likeness (QED) is 0.730. The zero-order valence-corrected chi connectivity index (χ0v) is 9.36. The molecule has 0 aromatic heterocycles. The molecule has 0 aromatic rings. The highest BCUT2D eigenvalue weighted by atomic mass is 16.5. The van der Waals surface area contributed by atoms with E-state index in [1.54, 1.807) is 0 Å². The maximum atomic E-state index is 5.75. The molecule has 2 aliphatic heterocycles. The molecule has 0 spiro atoms. The first kappa shape index (κ1) is 11.3. The maximum Gasteiger partial charge on any atom is 0.0702 e. The number of hydrogen-bond acceptors (Lipinski definition) is 4. The Morgan fingerprint density at radius 3 is 2.93 bits per heavy atom. The normalized spacial score (nSPS) is 34.2. The van der Waals surface area contributed by atoms with Gasteiger partial charge in [0.25, 0.3) is 0 Å². The van der Waals surface area contributed by atoms with Crippen molar-refractivity contribution < 1.29 is 9.47 Å². The summed E-state index contributed by atoms with van der Waals surface area (Å²) in [4.78, 5) is 2.43. The van der Waals surface area contributed by atoms with Crippen LogP contribution in [0.5, 0.6) is 0 Å². The average Bonchev–Trinajstić information content (AvgIpc) is 2.31. The van der Waals surface area contributed by atoms with Crippen molar-refractivity contribution in [1.29, 1.82) is 0 Å². The summed E-state index contributed by atoms with van der Waals surface area (Å²) < 4.78 is 11.2. The summed E-state index contributed by atoms with van der Waals surface area (Å²) in [5, 5.41) is 0. The van der Waals surface area contributed by atoms with Gasteiger partial charge in [-0.3, -0.25) is 4.90 Å². The minimum absolute atomic E-state index is 0.393. The molecular formula is C11H22N2O2. The number of nitrogens with zero attached hydrogens (tertiary/aromatic N) is 1. The summed E-state index contributed by atoms with van der Waals surface area (Å²) in [7, 11) is 0. The molecular weight excluding hydrogens is 192 g/mol. The Balaban J connectivity index is 1.79. The molecule has 2 fully saturated rings. The number of nitrogens with two attached hydrogens (primary N) is 1. The van der Waals surface area contributed by atoms with E-state index in [2.05, 4.69) is 4.90 Å². The Hall–Kier alpha value is -0.160. The molecule has 4 heteroatoms. The number of ether oxygens (including phenoxy) is 2. The predicted molar refractivity (Wildman–Crippen MR) is 58.8 cm³/mol. The zero-order valence-electron chi connectivity index (χ0n) is 9.36. The fourth-order valence-corrected chi connectivity index (χ4v) is 2.36. The largest absolute Gasteiger partial charge is 0.378 e. The monoisotopic (exact) mass is 214 g/mol. The van der Waals surface area contributed by atoms with Gasteiger partial charge in [-0.15, -0.1) is 0 Å². The van der Waals surface area contributed by atoms with Crippen molar-refractivity contribution in [1.82, 2.24) is 4.90 Å². The minimum atomic E-state index is 0.393. The molecule has 2 heterocycles. The van der Waals surface area contributed by atoms with Crippen molar-refractivity contribution in [2.75, 3.05) is 39.5 Å². The van der Waals surface area contributed by atoms with Gasteiger partial charge in [0.1, 0.15) is 0 Å². The molecule has 0 bridgehead atoms. The second kappa shape index (κ2) is 5.80. The van der Waals surface area contributed by atoms with Gasteiger partial charge in [-0.25, -0.2) is 0 Å². The molecule has 2 rings (SSSR count). The summed E-state index contributed by atoms with van der Waals surface area (Å²) in [6.07, 6.45) is 4.16. The van der Waals surface area contributed by atoms with Crippen LogP contribution in [0.15, 0.2) is 0 Å². The van der Waals surface area contributed by atoms with E-state index >= 15 is 0 Å². The first-order chi connectivity index (χ1) is 7.40. The van der Waals surface area contributed by atoms with Crippen LogP contribution in [-0.2, 0) is 9.47 Å². The van der Waals surface area contributed by atoms with Crippen LogP contribution >= 0.6 is 0 Å². The summed E-state index contributed by atoms with van der Waals surface area (Å²) >= 11 is 0. The van der Waals surface area contributed by atoms with E-state index in [0.29, 0.717) is 18.7 Å². The van der Waals surface area contributed by atoms with Crippen LogP contribution in [0.25, 0.3) is 0 Å². The molecule has 0 radical (unpaired) electrons. The Kier molecular flexibility index (Phi) is 4.38. The molecule has 2 unspecified atom stereocenters. The van der Waals surface area contributed by atoms with E-state index in [-0.39, 0.29) is 0 Å². The van der Waals surface area contributed by atoms with Crippen LogP contribution in [0, 0.1) is 0 Å².